The van der Waals surface area contributed by atoms with Gasteiger partial charge < -0.3 is 10.1 Å². The first-order valence-corrected chi connectivity index (χ1v) is 8.14. The summed E-state index contributed by atoms with van der Waals surface area (Å²) < 4.78 is 6.76. The summed E-state index contributed by atoms with van der Waals surface area (Å²) in [4.78, 5) is 12.4. The van der Waals surface area contributed by atoms with Crippen LogP contribution in [0.4, 0.5) is 0 Å². The summed E-state index contributed by atoms with van der Waals surface area (Å²) in [6.07, 6.45) is 5.23. The van der Waals surface area contributed by atoms with Gasteiger partial charge in [-0.1, -0.05) is 13.3 Å². The lowest BCUT2D eigenvalue weighted by atomic mass is 10.2. The van der Waals surface area contributed by atoms with Crippen LogP contribution in [0.1, 0.15) is 42.2 Å². The van der Waals surface area contributed by atoms with Gasteiger partial charge in [-0.3, -0.25) is 9.48 Å². The molecule has 0 bridgehead atoms. The lowest BCUT2D eigenvalue weighted by Crippen LogP contribution is -2.39. The number of ether oxygens (including phenoxy) is 1. The second kappa shape index (κ2) is 7.13. The van der Waals surface area contributed by atoms with Crippen LogP contribution in [0.25, 0.3) is 0 Å². The predicted octanol–water partition coefficient (Wildman–Crippen LogP) is 1.97. The first-order chi connectivity index (χ1) is 9.65. The Hall–Kier alpha value is -1.01. The van der Waals surface area contributed by atoms with E-state index in [2.05, 4.69) is 17.3 Å². The molecule has 1 aromatic rings. The van der Waals surface area contributed by atoms with E-state index in [9.17, 15) is 4.79 Å². The summed E-state index contributed by atoms with van der Waals surface area (Å²) in [5, 5.41) is 8.00. The minimum absolute atomic E-state index is 0.0289. The first-order valence-electron chi connectivity index (χ1n) is 7.09. The molecule has 6 heteroatoms. The lowest BCUT2D eigenvalue weighted by molar-refractivity contribution is 0.0933. The highest BCUT2D eigenvalue weighted by Crippen LogP contribution is 2.30. The summed E-state index contributed by atoms with van der Waals surface area (Å²) in [6, 6.07) is 0.281. The summed E-state index contributed by atoms with van der Waals surface area (Å²) in [5.41, 5.74) is 1.33. The summed E-state index contributed by atoms with van der Waals surface area (Å²) in [7, 11) is 3.43. The highest BCUT2D eigenvalue weighted by molar-refractivity contribution is 7.99. The topological polar surface area (TPSA) is 56.2 Å². The third-order valence-electron chi connectivity index (χ3n) is 3.58. The van der Waals surface area contributed by atoms with Crippen LogP contribution in [0.3, 0.4) is 0 Å². The number of carbonyl (C=O) groups excluding carboxylic acids is 1. The van der Waals surface area contributed by atoms with Crippen molar-refractivity contribution in [1.29, 1.82) is 0 Å². The number of methoxy groups -OCH3 is 1. The van der Waals surface area contributed by atoms with Gasteiger partial charge in [0, 0.05) is 31.6 Å². The van der Waals surface area contributed by atoms with Crippen molar-refractivity contribution in [1.82, 2.24) is 15.1 Å². The first kappa shape index (κ1) is 15.4. The Balaban J connectivity index is 2.04. The molecule has 0 aromatic carbocycles. The van der Waals surface area contributed by atoms with E-state index in [0.29, 0.717) is 23.1 Å². The quantitative estimate of drug-likeness (QED) is 0.872. The fourth-order valence-corrected chi connectivity index (χ4v) is 3.92. The van der Waals surface area contributed by atoms with Crippen molar-refractivity contribution in [2.75, 3.05) is 12.9 Å². The van der Waals surface area contributed by atoms with Gasteiger partial charge in [-0.2, -0.15) is 16.9 Å². The SMILES string of the molecule is CCSC1CCCC1NC(=O)c1cn(C)nc1COC. The van der Waals surface area contributed by atoms with E-state index in [-0.39, 0.29) is 11.9 Å². The number of aromatic nitrogens is 2. The van der Waals surface area contributed by atoms with Gasteiger partial charge >= 0.3 is 0 Å². The van der Waals surface area contributed by atoms with Crippen molar-refractivity contribution < 1.29 is 9.53 Å². The molecule has 0 spiro atoms. The van der Waals surface area contributed by atoms with Crippen LogP contribution in [-0.4, -0.2) is 39.8 Å². The Morgan fingerprint density at radius 3 is 3.10 bits per heavy atom. The van der Waals surface area contributed by atoms with Crippen molar-refractivity contribution in [3.05, 3.63) is 17.5 Å². The Morgan fingerprint density at radius 1 is 1.60 bits per heavy atom. The van der Waals surface area contributed by atoms with Crippen molar-refractivity contribution in [3.8, 4) is 0 Å². The van der Waals surface area contributed by atoms with Gasteiger partial charge in [-0.25, -0.2) is 0 Å². The summed E-state index contributed by atoms with van der Waals surface area (Å²) in [6.45, 7) is 2.53. The molecule has 1 amide bonds. The van der Waals surface area contributed by atoms with Crippen molar-refractivity contribution in [2.45, 2.75) is 44.1 Å². The maximum absolute atomic E-state index is 12.4. The van der Waals surface area contributed by atoms with E-state index in [4.69, 9.17) is 4.74 Å². The molecule has 1 aliphatic rings. The molecule has 112 valence electrons. The van der Waals surface area contributed by atoms with Crippen LogP contribution in [0.5, 0.6) is 0 Å². The fraction of sp³-hybridized carbons (Fsp3) is 0.714. The highest BCUT2D eigenvalue weighted by Gasteiger charge is 2.29. The zero-order valence-corrected chi connectivity index (χ0v) is 13.2. The molecule has 1 saturated carbocycles. The number of aryl methyl sites for hydroxylation is 1. The Bertz CT molecular complexity index is 461. The van der Waals surface area contributed by atoms with Gasteiger partial charge in [0.1, 0.15) is 5.69 Å². The smallest absolute Gasteiger partial charge is 0.255 e. The molecule has 1 fully saturated rings. The molecule has 1 N–H and O–H groups in total. The van der Waals surface area contributed by atoms with Gasteiger partial charge in [0.05, 0.1) is 12.2 Å². The van der Waals surface area contributed by atoms with Crippen molar-refractivity contribution >= 4 is 17.7 Å². The third-order valence-corrected chi connectivity index (χ3v) is 4.91. The maximum atomic E-state index is 12.4. The molecule has 0 radical (unpaired) electrons. The average Bonchev–Trinajstić information content (AvgIpc) is 2.98. The normalized spacial score (nSPS) is 22.1. The van der Waals surface area contributed by atoms with Gasteiger partial charge in [-0.15, -0.1) is 0 Å². The van der Waals surface area contributed by atoms with E-state index in [1.54, 1.807) is 18.0 Å². The standard InChI is InChI=1S/C14H23N3O2S/c1-4-20-13-7-5-6-11(13)15-14(18)10-8-17(2)16-12(10)9-19-3/h8,11,13H,4-7,9H2,1-3H3,(H,15,18). The molecular formula is C14H23N3O2S. The summed E-state index contributed by atoms with van der Waals surface area (Å²) in [5.74, 6) is 1.07. The number of hydrogen-bond acceptors (Lipinski definition) is 4. The lowest BCUT2D eigenvalue weighted by Gasteiger charge is -2.20. The van der Waals surface area contributed by atoms with E-state index in [0.717, 1.165) is 12.2 Å². The molecule has 2 rings (SSSR count). The molecule has 2 unspecified atom stereocenters. The molecule has 1 aromatic heterocycles. The van der Waals surface area contributed by atoms with Gasteiger partial charge in [0.25, 0.3) is 5.91 Å². The Kier molecular flexibility index (Phi) is 5.48. The number of hydrogen-bond donors (Lipinski definition) is 1. The van der Waals surface area contributed by atoms with Crippen LogP contribution >= 0.6 is 11.8 Å². The Labute approximate surface area is 124 Å². The van der Waals surface area contributed by atoms with Gasteiger partial charge in [0.15, 0.2) is 0 Å². The number of carbonyl (C=O) groups is 1. The molecule has 0 saturated heterocycles. The van der Waals surface area contributed by atoms with Crippen LogP contribution in [0.15, 0.2) is 6.20 Å². The molecule has 1 heterocycles. The molecule has 5 nitrogen and oxygen atoms in total. The second-order valence-corrected chi connectivity index (χ2v) is 6.62. The van der Waals surface area contributed by atoms with Crippen LogP contribution in [0.2, 0.25) is 0 Å². The van der Waals surface area contributed by atoms with Crippen LogP contribution < -0.4 is 5.32 Å². The molecule has 1 aliphatic carbocycles. The predicted molar refractivity (Wildman–Crippen MR) is 80.9 cm³/mol. The van der Waals surface area contributed by atoms with Crippen LogP contribution in [0, 0.1) is 0 Å². The molecule has 0 aliphatic heterocycles. The highest BCUT2D eigenvalue weighted by atomic mass is 32.2. The van der Waals surface area contributed by atoms with Gasteiger partial charge in [-0.05, 0) is 18.6 Å². The molecular weight excluding hydrogens is 274 g/mol. The van der Waals surface area contributed by atoms with Gasteiger partial charge in [0.2, 0.25) is 0 Å². The zero-order chi connectivity index (χ0) is 14.5. The number of amides is 1. The minimum Gasteiger partial charge on any atom is -0.378 e. The fourth-order valence-electron chi connectivity index (χ4n) is 2.72. The van der Waals surface area contributed by atoms with Crippen molar-refractivity contribution in [2.24, 2.45) is 7.05 Å². The third kappa shape index (κ3) is 3.55. The van der Waals surface area contributed by atoms with E-state index < -0.39 is 0 Å². The maximum Gasteiger partial charge on any atom is 0.255 e. The minimum atomic E-state index is -0.0289. The largest absolute Gasteiger partial charge is 0.378 e. The molecule has 20 heavy (non-hydrogen) atoms. The van der Waals surface area contributed by atoms with E-state index in [1.165, 1.54) is 12.8 Å². The number of thioether (sulfide) groups is 1. The Morgan fingerprint density at radius 2 is 2.40 bits per heavy atom. The number of nitrogens with one attached hydrogen (secondary N) is 1. The van der Waals surface area contributed by atoms with Crippen LogP contribution in [-0.2, 0) is 18.4 Å². The molecule has 2 atom stereocenters. The summed E-state index contributed by atoms with van der Waals surface area (Å²) >= 11 is 1.94. The zero-order valence-electron chi connectivity index (χ0n) is 12.4. The monoisotopic (exact) mass is 297 g/mol. The number of rotatable bonds is 6. The average molecular weight is 297 g/mol. The number of nitrogens with zero attached hydrogens (tertiary/aromatic N) is 2. The second-order valence-electron chi connectivity index (χ2n) is 5.10. The van der Waals surface area contributed by atoms with E-state index >= 15 is 0 Å². The van der Waals surface area contributed by atoms with Crippen molar-refractivity contribution in [3.63, 3.8) is 0 Å². The van der Waals surface area contributed by atoms with E-state index in [1.807, 2.05) is 18.8 Å².